The Morgan fingerprint density at radius 1 is 1.48 bits per heavy atom. The van der Waals surface area contributed by atoms with E-state index in [0.29, 0.717) is 6.42 Å². The number of carboxylic acids is 1. The summed E-state index contributed by atoms with van der Waals surface area (Å²) in [6.07, 6.45) is 1.59. The molecule has 116 valence electrons. The van der Waals surface area contributed by atoms with Gasteiger partial charge in [0, 0.05) is 6.20 Å². The largest absolute Gasteiger partial charge is 0.480 e. The van der Waals surface area contributed by atoms with Crippen LogP contribution in [0.4, 0.5) is 5.82 Å². The Morgan fingerprint density at radius 2 is 2.14 bits per heavy atom. The van der Waals surface area contributed by atoms with Crippen molar-refractivity contribution in [3.63, 3.8) is 0 Å². The van der Waals surface area contributed by atoms with Crippen LogP contribution in [0.2, 0.25) is 5.28 Å². The van der Waals surface area contributed by atoms with Gasteiger partial charge in [0.2, 0.25) is 5.28 Å². The molecule has 0 saturated carbocycles. The first-order valence-electron chi connectivity index (χ1n) is 6.54. The second kappa shape index (κ2) is 7.78. The van der Waals surface area contributed by atoms with Crippen molar-refractivity contribution < 1.29 is 19.4 Å². The Balaban J connectivity index is 3.06. The summed E-state index contributed by atoms with van der Waals surface area (Å²) in [6, 6.07) is -0.885. The minimum Gasteiger partial charge on any atom is -0.480 e. The zero-order chi connectivity index (χ0) is 16.0. The van der Waals surface area contributed by atoms with Gasteiger partial charge >= 0.3 is 11.9 Å². The fourth-order valence-electron chi connectivity index (χ4n) is 1.69. The Labute approximate surface area is 127 Å². The van der Waals surface area contributed by atoms with E-state index in [4.69, 9.17) is 16.3 Å². The van der Waals surface area contributed by atoms with Crippen LogP contribution in [0.3, 0.4) is 0 Å². The molecule has 0 aliphatic rings. The molecule has 0 aliphatic carbocycles. The molecular weight excluding hydrogens is 298 g/mol. The number of ether oxygens (including phenoxy) is 1. The smallest absolute Gasteiger partial charge is 0.343 e. The van der Waals surface area contributed by atoms with Crippen molar-refractivity contribution >= 4 is 29.4 Å². The number of hydrogen-bond donors (Lipinski definition) is 2. The number of nitrogens with zero attached hydrogens (tertiary/aromatic N) is 2. The van der Waals surface area contributed by atoms with Gasteiger partial charge in [0.25, 0.3) is 0 Å². The maximum Gasteiger partial charge on any atom is 0.343 e. The maximum absolute atomic E-state index is 11.8. The third-order valence-corrected chi connectivity index (χ3v) is 2.75. The molecule has 0 aromatic carbocycles. The maximum atomic E-state index is 11.8. The molecule has 1 aromatic heterocycles. The van der Waals surface area contributed by atoms with Crippen molar-refractivity contribution in [1.82, 2.24) is 9.97 Å². The fourth-order valence-corrected chi connectivity index (χ4v) is 1.82. The number of carbonyl (C=O) groups excluding carboxylic acids is 1. The molecule has 7 nitrogen and oxygen atoms in total. The summed E-state index contributed by atoms with van der Waals surface area (Å²) in [6.45, 7) is 5.66. The highest BCUT2D eigenvalue weighted by Crippen LogP contribution is 2.18. The Hall–Kier alpha value is -1.89. The van der Waals surface area contributed by atoms with Gasteiger partial charge in [0.15, 0.2) is 0 Å². The molecule has 1 atom stereocenters. The third-order valence-electron chi connectivity index (χ3n) is 2.57. The van der Waals surface area contributed by atoms with E-state index in [1.807, 2.05) is 13.8 Å². The highest BCUT2D eigenvalue weighted by atomic mass is 35.5. The molecular formula is C13H18ClN3O4. The number of carbonyl (C=O) groups is 2. The standard InChI is InChI=1S/C13H18ClN3O4/c1-4-21-12(20)8-6-15-13(14)17-10(8)16-9(11(18)19)5-7(2)3/h6-7,9H,4-5H2,1-3H3,(H,18,19)(H,15,16,17)/t9-/m0/s1. The number of aromatic nitrogens is 2. The van der Waals surface area contributed by atoms with Crippen molar-refractivity contribution in [3.8, 4) is 0 Å². The van der Waals surface area contributed by atoms with E-state index < -0.39 is 18.0 Å². The second-order valence-corrected chi connectivity index (χ2v) is 5.12. The molecule has 0 spiro atoms. The average molecular weight is 316 g/mol. The molecule has 0 radical (unpaired) electrons. The van der Waals surface area contributed by atoms with Gasteiger partial charge in [-0.1, -0.05) is 13.8 Å². The highest BCUT2D eigenvalue weighted by Gasteiger charge is 2.23. The number of hydrogen-bond acceptors (Lipinski definition) is 6. The SMILES string of the molecule is CCOC(=O)c1cnc(Cl)nc1N[C@@H](CC(C)C)C(=O)O. The fraction of sp³-hybridized carbons (Fsp3) is 0.538. The molecule has 0 fully saturated rings. The Morgan fingerprint density at radius 3 is 2.67 bits per heavy atom. The minimum absolute atomic E-state index is 0.0521. The average Bonchev–Trinajstić information content (AvgIpc) is 2.37. The zero-order valence-corrected chi connectivity index (χ0v) is 12.8. The summed E-state index contributed by atoms with van der Waals surface area (Å²) >= 11 is 5.71. The summed E-state index contributed by atoms with van der Waals surface area (Å²) in [4.78, 5) is 30.7. The van der Waals surface area contributed by atoms with Gasteiger partial charge in [-0.2, -0.15) is 4.98 Å². The first-order valence-corrected chi connectivity index (χ1v) is 6.91. The van der Waals surface area contributed by atoms with E-state index in [1.54, 1.807) is 6.92 Å². The molecule has 0 amide bonds. The molecule has 21 heavy (non-hydrogen) atoms. The predicted molar refractivity (Wildman–Crippen MR) is 77.5 cm³/mol. The summed E-state index contributed by atoms with van der Waals surface area (Å²) in [5, 5.41) is 11.9. The molecule has 8 heteroatoms. The molecule has 2 N–H and O–H groups in total. The highest BCUT2D eigenvalue weighted by molar-refractivity contribution is 6.28. The number of rotatable bonds is 7. The molecule has 1 aromatic rings. The molecule has 0 unspecified atom stereocenters. The molecule has 0 saturated heterocycles. The van der Waals surface area contributed by atoms with Gasteiger partial charge < -0.3 is 15.2 Å². The molecule has 0 aliphatic heterocycles. The summed E-state index contributed by atoms with van der Waals surface area (Å²) in [7, 11) is 0. The number of halogens is 1. The van der Waals surface area contributed by atoms with Crippen LogP contribution in [-0.4, -0.2) is 39.7 Å². The first kappa shape index (κ1) is 17.2. The van der Waals surface area contributed by atoms with Gasteiger partial charge in [-0.3, -0.25) is 0 Å². The Kier molecular flexibility index (Phi) is 6.36. The topological polar surface area (TPSA) is 101 Å². The number of aliphatic carboxylic acids is 1. The number of anilines is 1. The van der Waals surface area contributed by atoms with Crippen molar-refractivity contribution in [2.75, 3.05) is 11.9 Å². The predicted octanol–water partition coefficient (Wildman–Crippen LogP) is 2.22. The molecule has 1 heterocycles. The van der Waals surface area contributed by atoms with Crippen LogP contribution < -0.4 is 5.32 Å². The van der Waals surface area contributed by atoms with Crippen LogP contribution in [-0.2, 0) is 9.53 Å². The van der Waals surface area contributed by atoms with Gasteiger partial charge in [0.05, 0.1) is 6.61 Å². The summed E-state index contributed by atoms with van der Waals surface area (Å²) in [5.74, 6) is -1.46. The lowest BCUT2D eigenvalue weighted by molar-refractivity contribution is -0.138. The molecule has 1 rings (SSSR count). The van der Waals surface area contributed by atoms with E-state index in [9.17, 15) is 14.7 Å². The van der Waals surface area contributed by atoms with Crippen LogP contribution in [0.15, 0.2) is 6.20 Å². The van der Waals surface area contributed by atoms with Crippen LogP contribution in [0.1, 0.15) is 37.6 Å². The number of carboxylic acid groups (broad SMARTS) is 1. The normalized spacial score (nSPS) is 12.0. The van der Waals surface area contributed by atoms with Crippen molar-refractivity contribution in [3.05, 3.63) is 17.0 Å². The van der Waals surface area contributed by atoms with Gasteiger partial charge in [-0.05, 0) is 30.9 Å². The van der Waals surface area contributed by atoms with Crippen molar-refractivity contribution in [2.24, 2.45) is 5.92 Å². The lowest BCUT2D eigenvalue weighted by Crippen LogP contribution is -2.32. The van der Waals surface area contributed by atoms with E-state index in [1.165, 1.54) is 6.20 Å². The van der Waals surface area contributed by atoms with Gasteiger partial charge in [0.1, 0.15) is 17.4 Å². The quantitative estimate of drug-likeness (QED) is 0.587. The summed E-state index contributed by atoms with van der Waals surface area (Å²) < 4.78 is 4.88. The van der Waals surface area contributed by atoms with Crippen LogP contribution >= 0.6 is 11.6 Å². The number of nitrogens with one attached hydrogen (secondary N) is 1. The Bertz CT molecular complexity index is 522. The van der Waals surface area contributed by atoms with E-state index in [2.05, 4.69) is 15.3 Å². The third kappa shape index (κ3) is 5.18. The van der Waals surface area contributed by atoms with Crippen LogP contribution in [0.25, 0.3) is 0 Å². The monoisotopic (exact) mass is 315 g/mol. The first-order chi connectivity index (χ1) is 9.85. The minimum atomic E-state index is -1.03. The zero-order valence-electron chi connectivity index (χ0n) is 12.1. The summed E-state index contributed by atoms with van der Waals surface area (Å²) in [5.41, 5.74) is 0.0521. The van der Waals surface area contributed by atoms with Gasteiger partial charge in [-0.15, -0.1) is 0 Å². The van der Waals surface area contributed by atoms with E-state index in [0.717, 1.165) is 0 Å². The van der Waals surface area contributed by atoms with E-state index in [-0.39, 0.29) is 29.2 Å². The van der Waals surface area contributed by atoms with E-state index >= 15 is 0 Å². The lowest BCUT2D eigenvalue weighted by atomic mass is 10.0. The van der Waals surface area contributed by atoms with Gasteiger partial charge in [-0.25, -0.2) is 14.6 Å². The van der Waals surface area contributed by atoms with Crippen LogP contribution in [0, 0.1) is 5.92 Å². The lowest BCUT2D eigenvalue weighted by Gasteiger charge is -2.18. The van der Waals surface area contributed by atoms with Crippen molar-refractivity contribution in [2.45, 2.75) is 33.2 Å². The number of esters is 1. The second-order valence-electron chi connectivity index (χ2n) is 4.79. The van der Waals surface area contributed by atoms with Crippen molar-refractivity contribution in [1.29, 1.82) is 0 Å². The van der Waals surface area contributed by atoms with Crippen LogP contribution in [0.5, 0.6) is 0 Å². The molecule has 0 bridgehead atoms.